The van der Waals surface area contributed by atoms with E-state index in [-0.39, 0.29) is 17.9 Å². The molecule has 0 spiro atoms. The summed E-state index contributed by atoms with van der Waals surface area (Å²) in [4.78, 5) is 23.4. The Bertz CT molecular complexity index is 896. The normalized spacial score (nSPS) is 11.0. The topological polar surface area (TPSA) is 102 Å². The number of rotatable bonds is 8. The van der Waals surface area contributed by atoms with Crippen LogP contribution < -0.4 is 10.0 Å². The number of nitrogens with one attached hydrogen (secondary N) is 2. The van der Waals surface area contributed by atoms with E-state index >= 15 is 0 Å². The lowest BCUT2D eigenvalue weighted by Gasteiger charge is -2.08. The first-order valence-corrected chi connectivity index (χ1v) is 9.90. The summed E-state index contributed by atoms with van der Waals surface area (Å²) >= 11 is 5.72. The molecular formula is C18H19ClN2O5S. The van der Waals surface area contributed by atoms with Gasteiger partial charge in [0.15, 0.2) is 6.61 Å². The molecule has 0 saturated heterocycles. The maximum Gasteiger partial charge on any atom is 0.307 e. The van der Waals surface area contributed by atoms with Gasteiger partial charge in [0.1, 0.15) is 0 Å². The van der Waals surface area contributed by atoms with Gasteiger partial charge in [-0.15, -0.1) is 0 Å². The zero-order valence-electron chi connectivity index (χ0n) is 14.6. The van der Waals surface area contributed by atoms with E-state index in [0.29, 0.717) is 10.7 Å². The summed E-state index contributed by atoms with van der Waals surface area (Å²) in [5.74, 6) is -1.16. The second-order valence-corrected chi connectivity index (χ2v) is 7.88. The summed E-state index contributed by atoms with van der Waals surface area (Å²) in [5.41, 5.74) is 1.65. The zero-order valence-corrected chi connectivity index (χ0v) is 16.1. The van der Waals surface area contributed by atoms with Crippen molar-refractivity contribution in [3.05, 3.63) is 59.1 Å². The lowest BCUT2D eigenvalue weighted by Crippen LogP contribution is -2.27. The van der Waals surface area contributed by atoms with Crippen molar-refractivity contribution in [1.29, 1.82) is 0 Å². The molecule has 0 fully saturated rings. The number of sulfonamides is 1. The number of carbonyl (C=O) groups excluding carboxylic acids is 2. The van der Waals surface area contributed by atoms with Crippen molar-refractivity contribution in [1.82, 2.24) is 4.72 Å². The van der Waals surface area contributed by atoms with Crippen molar-refractivity contribution in [3.8, 4) is 0 Å². The maximum absolute atomic E-state index is 12.0. The van der Waals surface area contributed by atoms with Crippen molar-refractivity contribution >= 4 is 39.2 Å². The number of benzene rings is 2. The van der Waals surface area contributed by atoms with Gasteiger partial charge in [-0.25, -0.2) is 13.1 Å². The van der Waals surface area contributed by atoms with Crippen LogP contribution in [0.3, 0.4) is 0 Å². The third-order valence-electron chi connectivity index (χ3n) is 3.44. The fourth-order valence-corrected chi connectivity index (χ4v) is 3.19. The molecule has 0 atom stereocenters. The molecule has 2 rings (SSSR count). The lowest BCUT2D eigenvalue weighted by molar-refractivity contribution is -0.147. The van der Waals surface area contributed by atoms with E-state index in [0.717, 1.165) is 5.56 Å². The Balaban J connectivity index is 1.72. The van der Waals surface area contributed by atoms with Gasteiger partial charge in [0.25, 0.3) is 5.91 Å². The van der Waals surface area contributed by atoms with E-state index in [1.54, 1.807) is 12.1 Å². The Labute approximate surface area is 162 Å². The minimum atomic E-state index is -3.74. The quantitative estimate of drug-likeness (QED) is 0.651. The largest absolute Gasteiger partial charge is 0.456 e. The van der Waals surface area contributed by atoms with Crippen LogP contribution >= 0.6 is 11.6 Å². The van der Waals surface area contributed by atoms with E-state index in [1.807, 2.05) is 19.1 Å². The maximum atomic E-state index is 12.0. The molecule has 9 heteroatoms. The van der Waals surface area contributed by atoms with Gasteiger partial charge in [-0.1, -0.05) is 29.3 Å². The number of hydrogen-bond acceptors (Lipinski definition) is 5. The molecule has 0 heterocycles. The molecule has 0 aliphatic carbocycles. The number of anilines is 1. The van der Waals surface area contributed by atoms with Crippen LogP contribution in [0.4, 0.5) is 5.69 Å². The van der Waals surface area contributed by atoms with E-state index in [4.69, 9.17) is 16.3 Å². The second kappa shape index (κ2) is 9.50. The second-order valence-electron chi connectivity index (χ2n) is 5.68. The Kier molecular flexibility index (Phi) is 7.35. The molecular weight excluding hydrogens is 392 g/mol. The highest BCUT2D eigenvalue weighted by atomic mass is 35.5. The molecule has 144 valence electrons. The molecule has 1 amide bonds. The van der Waals surface area contributed by atoms with Crippen LogP contribution in [0, 0.1) is 6.92 Å². The average molecular weight is 411 g/mol. The van der Waals surface area contributed by atoms with Gasteiger partial charge < -0.3 is 10.1 Å². The van der Waals surface area contributed by atoms with Gasteiger partial charge in [0.2, 0.25) is 10.0 Å². The van der Waals surface area contributed by atoms with Crippen LogP contribution in [0.25, 0.3) is 0 Å². The number of ether oxygens (including phenoxy) is 1. The van der Waals surface area contributed by atoms with Gasteiger partial charge in [-0.2, -0.15) is 0 Å². The molecule has 0 unspecified atom stereocenters. The Morgan fingerprint density at radius 1 is 1.04 bits per heavy atom. The minimum Gasteiger partial charge on any atom is -0.456 e. The Hall–Kier alpha value is -2.42. The molecule has 0 bridgehead atoms. The van der Waals surface area contributed by atoms with Crippen LogP contribution in [-0.4, -0.2) is 33.4 Å². The average Bonchev–Trinajstić information content (AvgIpc) is 2.62. The van der Waals surface area contributed by atoms with Gasteiger partial charge in [0.05, 0.1) is 11.3 Å². The molecule has 0 aromatic heterocycles. The highest BCUT2D eigenvalue weighted by molar-refractivity contribution is 7.89. The molecule has 0 aliphatic rings. The van der Waals surface area contributed by atoms with E-state index in [1.165, 1.54) is 24.3 Å². The van der Waals surface area contributed by atoms with Crippen LogP contribution in [-0.2, 0) is 24.3 Å². The molecule has 2 N–H and O–H groups in total. The molecule has 2 aromatic carbocycles. The SMILES string of the molecule is Cc1ccc(NC(=O)COC(=O)CCNS(=O)(=O)c2ccc(Cl)cc2)cc1. The van der Waals surface area contributed by atoms with Crippen LogP contribution in [0.1, 0.15) is 12.0 Å². The smallest absolute Gasteiger partial charge is 0.307 e. The Morgan fingerprint density at radius 3 is 2.30 bits per heavy atom. The van der Waals surface area contributed by atoms with Crippen LogP contribution in [0.15, 0.2) is 53.4 Å². The summed E-state index contributed by atoms with van der Waals surface area (Å²) in [6.45, 7) is 1.33. The summed E-state index contributed by atoms with van der Waals surface area (Å²) < 4.78 is 31.2. The van der Waals surface area contributed by atoms with Gasteiger partial charge in [-0.05, 0) is 43.3 Å². The van der Waals surface area contributed by atoms with Crippen molar-refractivity contribution in [2.45, 2.75) is 18.2 Å². The van der Waals surface area contributed by atoms with Gasteiger partial charge in [-0.3, -0.25) is 9.59 Å². The lowest BCUT2D eigenvalue weighted by atomic mass is 10.2. The zero-order chi connectivity index (χ0) is 19.9. The number of halogens is 1. The Morgan fingerprint density at radius 2 is 1.67 bits per heavy atom. The van der Waals surface area contributed by atoms with Crippen molar-refractivity contribution in [3.63, 3.8) is 0 Å². The predicted octanol–water partition coefficient (Wildman–Crippen LogP) is 2.50. The number of hydrogen-bond donors (Lipinski definition) is 2. The van der Waals surface area contributed by atoms with Gasteiger partial charge >= 0.3 is 5.97 Å². The molecule has 0 saturated carbocycles. The van der Waals surface area contributed by atoms with E-state index in [2.05, 4.69) is 10.0 Å². The first kappa shape index (κ1) is 20.9. The number of aryl methyl sites for hydroxylation is 1. The standard InChI is InChI=1S/C18H19ClN2O5S/c1-13-2-6-15(7-3-13)21-17(22)12-26-18(23)10-11-20-27(24,25)16-8-4-14(19)5-9-16/h2-9,20H,10-12H2,1H3,(H,21,22). The summed E-state index contributed by atoms with van der Waals surface area (Å²) in [6.07, 6.45) is -0.204. The summed E-state index contributed by atoms with van der Waals surface area (Å²) in [5, 5.41) is 3.01. The monoisotopic (exact) mass is 410 g/mol. The first-order valence-electron chi connectivity index (χ1n) is 8.04. The molecule has 7 nitrogen and oxygen atoms in total. The molecule has 0 aliphatic heterocycles. The molecule has 27 heavy (non-hydrogen) atoms. The third-order valence-corrected chi connectivity index (χ3v) is 5.17. The molecule has 2 aromatic rings. The van der Waals surface area contributed by atoms with E-state index in [9.17, 15) is 18.0 Å². The fourth-order valence-electron chi connectivity index (χ4n) is 2.04. The van der Waals surface area contributed by atoms with Crippen molar-refractivity contribution < 1.29 is 22.7 Å². The highest BCUT2D eigenvalue weighted by Crippen LogP contribution is 2.13. The third kappa shape index (κ3) is 7.01. The van der Waals surface area contributed by atoms with Crippen molar-refractivity contribution in [2.75, 3.05) is 18.5 Å². The van der Waals surface area contributed by atoms with Crippen LogP contribution in [0.5, 0.6) is 0 Å². The minimum absolute atomic E-state index is 0.0396. The molecule has 0 radical (unpaired) electrons. The van der Waals surface area contributed by atoms with Crippen LogP contribution in [0.2, 0.25) is 5.02 Å². The fraction of sp³-hybridized carbons (Fsp3) is 0.222. The van der Waals surface area contributed by atoms with Gasteiger partial charge in [0, 0.05) is 17.3 Å². The summed E-state index contributed by atoms with van der Waals surface area (Å²) in [6, 6.07) is 12.8. The number of carbonyl (C=O) groups is 2. The highest BCUT2D eigenvalue weighted by Gasteiger charge is 2.15. The van der Waals surface area contributed by atoms with Crippen molar-refractivity contribution in [2.24, 2.45) is 0 Å². The first-order chi connectivity index (χ1) is 12.8. The summed E-state index contributed by atoms with van der Waals surface area (Å²) in [7, 11) is -3.74. The predicted molar refractivity (Wildman–Crippen MR) is 102 cm³/mol. The number of esters is 1. The van der Waals surface area contributed by atoms with E-state index < -0.39 is 28.5 Å². The number of amides is 1.